The van der Waals surface area contributed by atoms with E-state index in [1.807, 2.05) is 0 Å². The minimum absolute atomic E-state index is 0.114. The second-order valence-electron chi connectivity index (χ2n) is 8.68. The molecule has 7 heteroatoms. The summed E-state index contributed by atoms with van der Waals surface area (Å²) in [6.45, 7) is 7.89. The number of rotatable bonds is 23. The number of carbonyl (C=O) groups excluding carboxylic acids is 1. The van der Waals surface area contributed by atoms with Crippen molar-refractivity contribution in [2.75, 3.05) is 52.8 Å². The quantitative estimate of drug-likeness (QED) is 0.133. The first-order chi connectivity index (χ1) is 15.3. The summed E-state index contributed by atoms with van der Waals surface area (Å²) in [5, 5.41) is 1.60. The van der Waals surface area contributed by atoms with E-state index < -0.39 is 0 Å². The van der Waals surface area contributed by atoms with Crippen LogP contribution in [0.3, 0.4) is 0 Å². The van der Waals surface area contributed by atoms with Crippen LogP contribution in [0.5, 0.6) is 0 Å². The third-order valence-corrected chi connectivity index (χ3v) is 5.51. The Morgan fingerprint density at radius 1 is 0.774 bits per heavy atom. The Morgan fingerprint density at radius 2 is 1.32 bits per heavy atom. The second kappa shape index (κ2) is 17.8. The van der Waals surface area contributed by atoms with E-state index in [2.05, 4.69) is 6.92 Å². The van der Waals surface area contributed by atoms with Crippen LogP contribution in [0, 0.1) is 0 Å². The largest absolute Gasteiger partial charge is 0.379 e. The number of amides is 1. The molecule has 2 heterocycles. The highest BCUT2D eigenvalue weighted by atomic mass is 16.7. The fourth-order valence-electron chi connectivity index (χ4n) is 3.32. The molecular formula is C24H45NO6. The van der Waals surface area contributed by atoms with Crippen molar-refractivity contribution in [2.45, 2.75) is 96.2 Å². The topological polar surface area (TPSA) is 73.1 Å². The van der Waals surface area contributed by atoms with Crippen LogP contribution in [0.4, 0.5) is 0 Å². The zero-order chi connectivity index (χ0) is 22.0. The number of hydrogen-bond acceptors (Lipinski definition) is 6. The van der Waals surface area contributed by atoms with Crippen molar-refractivity contribution in [3.05, 3.63) is 0 Å². The van der Waals surface area contributed by atoms with Gasteiger partial charge in [-0.1, -0.05) is 45.4 Å². The molecule has 1 amide bonds. The number of unbranched alkanes of at least 4 members (excludes halogenated alkanes) is 8. The van der Waals surface area contributed by atoms with Crippen LogP contribution in [0.15, 0.2) is 0 Å². The molecule has 31 heavy (non-hydrogen) atoms. The first-order valence-corrected chi connectivity index (χ1v) is 12.6. The number of carbonyl (C=O) groups is 1. The van der Waals surface area contributed by atoms with Gasteiger partial charge in [-0.15, -0.1) is 0 Å². The van der Waals surface area contributed by atoms with E-state index in [0.29, 0.717) is 51.6 Å². The Bertz CT molecular complexity index is 442. The number of hydroxylamine groups is 2. The first kappa shape index (κ1) is 26.5. The molecule has 2 saturated heterocycles. The maximum atomic E-state index is 12.7. The molecule has 0 aromatic heterocycles. The highest BCUT2D eigenvalue weighted by Crippen LogP contribution is 2.12. The van der Waals surface area contributed by atoms with Crippen LogP contribution in [-0.4, -0.2) is 76.0 Å². The molecule has 0 bridgehead atoms. The first-order valence-electron chi connectivity index (χ1n) is 12.6. The van der Waals surface area contributed by atoms with E-state index in [1.165, 1.54) is 32.1 Å². The van der Waals surface area contributed by atoms with Gasteiger partial charge in [-0.3, -0.25) is 9.63 Å². The fourth-order valence-corrected chi connectivity index (χ4v) is 3.32. The van der Waals surface area contributed by atoms with E-state index in [-0.39, 0.29) is 5.91 Å². The third-order valence-electron chi connectivity index (χ3n) is 5.51. The van der Waals surface area contributed by atoms with Gasteiger partial charge in [0.1, 0.15) is 12.2 Å². The van der Waals surface area contributed by atoms with Gasteiger partial charge in [0.2, 0.25) is 5.91 Å². The van der Waals surface area contributed by atoms with Crippen LogP contribution in [-0.2, 0) is 28.6 Å². The molecule has 0 saturated carbocycles. The summed E-state index contributed by atoms with van der Waals surface area (Å²) in [6.07, 6.45) is 13.3. The minimum Gasteiger partial charge on any atom is -0.379 e. The Kier molecular flexibility index (Phi) is 15.2. The molecule has 0 spiro atoms. The molecule has 0 aromatic carbocycles. The van der Waals surface area contributed by atoms with Crippen molar-refractivity contribution in [3.63, 3.8) is 0 Å². The van der Waals surface area contributed by atoms with E-state index in [9.17, 15) is 4.79 Å². The van der Waals surface area contributed by atoms with E-state index >= 15 is 0 Å². The summed E-state index contributed by atoms with van der Waals surface area (Å²) >= 11 is 0. The summed E-state index contributed by atoms with van der Waals surface area (Å²) in [5.41, 5.74) is 0. The molecule has 0 aliphatic carbocycles. The number of ether oxygens (including phenoxy) is 4. The zero-order valence-corrected chi connectivity index (χ0v) is 19.7. The SMILES string of the molecule is CCCCCCCCCC(=O)N(CCCCOCC1CO1)OCCCCOCC1CO1. The monoisotopic (exact) mass is 443 g/mol. The summed E-state index contributed by atoms with van der Waals surface area (Å²) in [7, 11) is 0. The van der Waals surface area contributed by atoms with Gasteiger partial charge in [0.15, 0.2) is 0 Å². The van der Waals surface area contributed by atoms with Crippen molar-refractivity contribution < 1.29 is 28.6 Å². The second-order valence-corrected chi connectivity index (χ2v) is 8.68. The van der Waals surface area contributed by atoms with Gasteiger partial charge in [0, 0.05) is 26.2 Å². The Hall–Kier alpha value is -0.730. The van der Waals surface area contributed by atoms with Gasteiger partial charge in [-0.25, -0.2) is 5.06 Å². The number of epoxide rings is 2. The zero-order valence-electron chi connectivity index (χ0n) is 19.7. The minimum atomic E-state index is 0.114. The van der Waals surface area contributed by atoms with E-state index in [0.717, 1.165) is 58.3 Å². The summed E-state index contributed by atoms with van der Waals surface area (Å²) in [6, 6.07) is 0. The Labute approximate surface area is 189 Å². The van der Waals surface area contributed by atoms with Gasteiger partial charge < -0.3 is 18.9 Å². The number of nitrogens with zero attached hydrogens (tertiary/aromatic N) is 1. The highest BCUT2D eigenvalue weighted by Gasteiger charge is 2.22. The van der Waals surface area contributed by atoms with Crippen LogP contribution < -0.4 is 0 Å². The van der Waals surface area contributed by atoms with Gasteiger partial charge >= 0.3 is 0 Å². The van der Waals surface area contributed by atoms with Gasteiger partial charge in [-0.2, -0.15) is 0 Å². The molecule has 182 valence electrons. The van der Waals surface area contributed by atoms with Gasteiger partial charge in [0.05, 0.1) is 33.0 Å². The van der Waals surface area contributed by atoms with Crippen LogP contribution in [0.25, 0.3) is 0 Å². The predicted molar refractivity (Wildman–Crippen MR) is 120 cm³/mol. The van der Waals surface area contributed by atoms with Gasteiger partial charge in [0.25, 0.3) is 0 Å². The normalized spacial score (nSPS) is 19.5. The molecule has 7 nitrogen and oxygen atoms in total. The maximum absolute atomic E-state index is 12.7. The predicted octanol–water partition coefficient (Wildman–Crippen LogP) is 4.28. The van der Waals surface area contributed by atoms with Crippen LogP contribution in [0.2, 0.25) is 0 Å². The van der Waals surface area contributed by atoms with Crippen LogP contribution in [0.1, 0.15) is 84.0 Å². The van der Waals surface area contributed by atoms with E-state index in [4.69, 9.17) is 23.8 Å². The molecule has 0 N–H and O–H groups in total. The lowest BCUT2D eigenvalue weighted by Crippen LogP contribution is -2.32. The standard InChI is InChI=1S/C24H45NO6/c1-2-3-4-5-6-7-8-13-24(26)25(14-9-10-15-27-18-22-20-29-22)31-17-12-11-16-28-19-23-21-30-23/h22-23H,2-21H2,1H3. The maximum Gasteiger partial charge on any atom is 0.246 e. The molecule has 2 aliphatic heterocycles. The van der Waals surface area contributed by atoms with Crippen LogP contribution >= 0.6 is 0 Å². The summed E-state index contributed by atoms with van der Waals surface area (Å²) < 4.78 is 21.4. The van der Waals surface area contributed by atoms with Crippen molar-refractivity contribution >= 4 is 5.91 Å². The third kappa shape index (κ3) is 15.7. The molecule has 2 rings (SSSR count). The fraction of sp³-hybridized carbons (Fsp3) is 0.958. The van der Waals surface area contributed by atoms with Crippen molar-refractivity contribution in [1.29, 1.82) is 0 Å². The smallest absolute Gasteiger partial charge is 0.246 e. The Balaban J connectivity index is 1.52. The number of hydrogen-bond donors (Lipinski definition) is 0. The van der Waals surface area contributed by atoms with Gasteiger partial charge in [-0.05, 0) is 32.1 Å². The molecule has 2 atom stereocenters. The molecular weight excluding hydrogens is 398 g/mol. The summed E-state index contributed by atoms with van der Waals surface area (Å²) in [4.78, 5) is 18.5. The average molecular weight is 444 g/mol. The van der Waals surface area contributed by atoms with Crippen molar-refractivity contribution in [2.24, 2.45) is 0 Å². The molecule has 2 fully saturated rings. The highest BCUT2D eigenvalue weighted by molar-refractivity contribution is 5.74. The Morgan fingerprint density at radius 3 is 1.94 bits per heavy atom. The average Bonchev–Trinajstić information content (AvgIpc) is 3.68. The lowest BCUT2D eigenvalue weighted by atomic mass is 10.1. The lowest BCUT2D eigenvalue weighted by molar-refractivity contribution is -0.188. The van der Waals surface area contributed by atoms with E-state index in [1.54, 1.807) is 5.06 Å². The van der Waals surface area contributed by atoms with Crippen molar-refractivity contribution in [3.8, 4) is 0 Å². The molecule has 0 radical (unpaired) electrons. The lowest BCUT2D eigenvalue weighted by Gasteiger charge is -2.22. The molecule has 2 aliphatic rings. The molecule has 0 aromatic rings. The summed E-state index contributed by atoms with van der Waals surface area (Å²) in [5.74, 6) is 0.114. The van der Waals surface area contributed by atoms with Crippen molar-refractivity contribution in [1.82, 2.24) is 5.06 Å². The molecule has 2 unspecified atom stereocenters.